The van der Waals surface area contributed by atoms with E-state index in [4.69, 9.17) is 14.2 Å². The van der Waals surface area contributed by atoms with Crippen LogP contribution in [0.2, 0.25) is 0 Å². The second-order valence-electron chi connectivity index (χ2n) is 4.25. The fourth-order valence-corrected chi connectivity index (χ4v) is 1.02. The predicted octanol–water partition coefficient (Wildman–Crippen LogP) is 0.820. The van der Waals surface area contributed by atoms with Crippen molar-refractivity contribution in [1.82, 2.24) is 4.90 Å². The number of rotatable bonds is 9. The first-order chi connectivity index (χ1) is 10.3. The zero-order valence-electron chi connectivity index (χ0n) is 12.6. The van der Waals surface area contributed by atoms with Crippen molar-refractivity contribution >= 4 is 24.4 Å². The number of ether oxygens (including phenoxy) is 3. The highest BCUT2D eigenvalue weighted by Gasteiger charge is 2.15. The van der Waals surface area contributed by atoms with Gasteiger partial charge in [0.2, 0.25) is 6.41 Å². The Kier molecular flexibility index (Phi) is 8.92. The number of hydrogen-bond donors (Lipinski definition) is 0. The molecule has 0 aliphatic carbocycles. The molecule has 0 rings (SSSR count). The molecule has 0 N–H and O–H groups in total. The number of esters is 2. The third-order valence-corrected chi connectivity index (χ3v) is 2.17. The molecule has 0 aromatic rings. The maximum atomic E-state index is 11.5. The average molecular weight is 313 g/mol. The quantitative estimate of drug-likeness (QED) is 0.204. The number of carbonyl (C=O) groups is 4. The van der Waals surface area contributed by atoms with E-state index in [9.17, 15) is 19.2 Å². The van der Waals surface area contributed by atoms with E-state index in [1.165, 1.54) is 13.8 Å². The number of carbonyl (C=O) groups excluding carboxylic acids is 4. The molecule has 0 aromatic heterocycles. The van der Waals surface area contributed by atoms with E-state index in [0.29, 0.717) is 4.90 Å². The van der Waals surface area contributed by atoms with Gasteiger partial charge in [0.05, 0.1) is 6.54 Å². The lowest BCUT2D eigenvalue weighted by Crippen LogP contribution is -2.34. The molecule has 0 atom stereocenters. The second-order valence-corrected chi connectivity index (χ2v) is 4.25. The Hall–Kier alpha value is -2.64. The number of amides is 2. The van der Waals surface area contributed by atoms with Gasteiger partial charge < -0.3 is 14.2 Å². The first-order valence-electron chi connectivity index (χ1n) is 6.33. The minimum Gasteiger partial charge on any atom is -0.460 e. The molecule has 122 valence electrons. The molecule has 0 aromatic carbocycles. The fourth-order valence-electron chi connectivity index (χ4n) is 1.02. The van der Waals surface area contributed by atoms with Gasteiger partial charge in [-0.05, 0) is 13.8 Å². The Labute approximate surface area is 128 Å². The molecule has 8 heteroatoms. The molecule has 0 saturated carbocycles. The van der Waals surface area contributed by atoms with Crippen molar-refractivity contribution < 1.29 is 33.4 Å². The molecular weight excluding hydrogens is 294 g/mol. The Morgan fingerprint density at radius 2 is 1.36 bits per heavy atom. The molecule has 0 fully saturated rings. The van der Waals surface area contributed by atoms with E-state index < -0.39 is 18.0 Å². The van der Waals surface area contributed by atoms with Gasteiger partial charge in [-0.15, -0.1) is 0 Å². The van der Waals surface area contributed by atoms with E-state index in [-0.39, 0.29) is 43.9 Å². The van der Waals surface area contributed by atoms with E-state index in [2.05, 4.69) is 13.2 Å². The van der Waals surface area contributed by atoms with Crippen LogP contribution < -0.4 is 0 Å². The van der Waals surface area contributed by atoms with E-state index in [1.807, 2.05) is 0 Å². The van der Waals surface area contributed by atoms with Crippen LogP contribution in [-0.4, -0.2) is 55.7 Å². The van der Waals surface area contributed by atoms with Gasteiger partial charge >= 0.3 is 18.0 Å². The van der Waals surface area contributed by atoms with Crippen LogP contribution in [0.1, 0.15) is 13.8 Å². The lowest BCUT2D eigenvalue weighted by atomic mass is 10.4. The summed E-state index contributed by atoms with van der Waals surface area (Å²) in [6, 6.07) is 0. The molecule has 0 radical (unpaired) electrons. The Morgan fingerprint density at radius 3 is 1.82 bits per heavy atom. The third kappa shape index (κ3) is 7.83. The summed E-state index contributed by atoms with van der Waals surface area (Å²) in [6.45, 7) is 9.02. The normalized spacial score (nSPS) is 9.36. The minimum absolute atomic E-state index is 0.158. The van der Waals surface area contributed by atoms with Gasteiger partial charge in [-0.2, -0.15) is 0 Å². The van der Waals surface area contributed by atoms with Crippen molar-refractivity contribution in [2.75, 3.05) is 26.4 Å². The Balaban J connectivity index is 4.02. The number of imide groups is 1. The highest BCUT2D eigenvalue weighted by atomic mass is 16.6. The van der Waals surface area contributed by atoms with Crippen molar-refractivity contribution in [3.63, 3.8) is 0 Å². The second kappa shape index (κ2) is 10.1. The molecule has 8 nitrogen and oxygen atoms in total. The molecule has 22 heavy (non-hydrogen) atoms. The lowest BCUT2D eigenvalue weighted by molar-refractivity contribution is -0.140. The highest BCUT2D eigenvalue weighted by molar-refractivity contribution is 5.87. The summed E-state index contributed by atoms with van der Waals surface area (Å²) in [5.41, 5.74) is 0.430. The summed E-state index contributed by atoms with van der Waals surface area (Å²) in [4.78, 5) is 45.1. The smallest absolute Gasteiger partial charge is 0.416 e. The van der Waals surface area contributed by atoms with E-state index >= 15 is 0 Å². The standard InChI is InChI=1S/C14H19NO7/c1-10(2)12(17)20-6-5-15(9-16)14(19)22-8-7-21-13(18)11(3)4/h9H,1,3,5-8H2,2,4H3. The zero-order chi connectivity index (χ0) is 17.1. The Bertz CT molecular complexity index is 470. The first kappa shape index (κ1) is 19.4. The van der Waals surface area contributed by atoms with Crippen LogP contribution >= 0.6 is 0 Å². The molecule has 0 saturated heterocycles. The summed E-state index contributed by atoms with van der Waals surface area (Å²) in [5, 5.41) is 0. The third-order valence-electron chi connectivity index (χ3n) is 2.17. The van der Waals surface area contributed by atoms with Crippen molar-refractivity contribution in [3.05, 3.63) is 24.3 Å². The average Bonchev–Trinajstić information content (AvgIpc) is 2.46. The predicted molar refractivity (Wildman–Crippen MR) is 75.7 cm³/mol. The Morgan fingerprint density at radius 1 is 0.909 bits per heavy atom. The van der Waals surface area contributed by atoms with Crippen molar-refractivity contribution in [2.24, 2.45) is 0 Å². The maximum absolute atomic E-state index is 11.5. The van der Waals surface area contributed by atoms with Gasteiger partial charge in [0.1, 0.15) is 19.8 Å². The molecule has 0 spiro atoms. The maximum Gasteiger partial charge on any atom is 0.416 e. The van der Waals surface area contributed by atoms with Crippen LogP contribution in [0.15, 0.2) is 24.3 Å². The lowest BCUT2D eigenvalue weighted by Gasteiger charge is -2.15. The summed E-state index contributed by atoms with van der Waals surface area (Å²) in [5.74, 6) is -1.22. The molecule has 0 bridgehead atoms. The van der Waals surface area contributed by atoms with Crippen LogP contribution in [0.4, 0.5) is 4.79 Å². The topological polar surface area (TPSA) is 99.2 Å². The van der Waals surface area contributed by atoms with Gasteiger partial charge in [-0.1, -0.05) is 13.2 Å². The highest BCUT2D eigenvalue weighted by Crippen LogP contribution is 1.96. The summed E-state index contributed by atoms with van der Waals surface area (Å²) >= 11 is 0. The van der Waals surface area contributed by atoms with Gasteiger partial charge in [0.25, 0.3) is 0 Å². The molecule has 0 aliphatic rings. The van der Waals surface area contributed by atoms with Crippen LogP contribution in [0.25, 0.3) is 0 Å². The number of hydrogen-bond acceptors (Lipinski definition) is 7. The van der Waals surface area contributed by atoms with Gasteiger partial charge in [-0.3, -0.25) is 4.79 Å². The summed E-state index contributed by atoms with van der Waals surface area (Å²) < 4.78 is 14.2. The van der Waals surface area contributed by atoms with E-state index in [1.54, 1.807) is 0 Å². The van der Waals surface area contributed by atoms with Gasteiger partial charge in [-0.25, -0.2) is 19.3 Å². The van der Waals surface area contributed by atoms with Gasteiger partial charge in [0, 0.05) is 11.1 Å². The monoisotopic (exact) mass is 313 g/mol. The van der Waals surface area contributed by atoms with E-state index in [0.717, 1.165) is 0 Å². The molecule has 2 amide bonds. The molecule has 0 aliphatic heterocycles. The van der Waals surface area contributed by atoms with Gasteiger partial charge in [0.15, 0.2) is 0 Å². The largest absolute Gasteiger partial charge is 0.460 e. The molecule has 0 unspecified atom stereocenters. The van der Waals surface area contributed by atoms with Crippen molar-refractivity contribution in [3.8, 4) is 0 Å². The molecule has 0 heterocycles. The zero-order valence-corrected chi connectivity index (χ0v) is 12.6. The van der Waals surface area contributed by atoms with Crippen LogP contribution in [0, 0.1) is 0 Å². The van der Waals surface area contributed by atoms with Crippen molar-refractivity contribution in [2.45, 2.75) is 13.8 Å². The number of nitrogens with zero attached hydrogens (tertiary/aromatic N) is 1. The van der Waals surface area contributed by atoms with Crippen LogP contribution in [0.5, 0.6) is 0 Å². The SMILES string of the molecule is C=C(C)C(=O)OCCOC(=O)N(C=O)CCOC(=O)C(=C)C. The molecular formula is C14H19NO7. The summed E-state index contributed by atoms with van der Waals surface area (Å²) in [6.07, 6.45) is -0.690. The summed E-state index contributed by atoms with van der Waals surface area (Å²) in [7, 11) is 0. The minimum atomic E-state index is -0.937. The fraction of sp³-hybridized carbons (Fsp3) is 0.429. The van der Waals surface area contributed by atoms with Crippen molar-refractivity contribution in [1.29, 1.82) is 0 Å². The van der Waals surface area contributed by atoms with Crippen LogP contribution in [0.3, 0.4) is 0 Å². The van der Waals surface area contributed by atoms with Crippen LogP contribution in [-0.2, 0) is 28.6 Å². The first-order valence-corrected chi connectivity index (χ1v) is 6.33.